The Labute approximate surface area is 178 Å². The highest BCUT2D eigenvalue weighted by molar-refractivity contribution is 5.93. The molecule has 1 fully saturated rings. The number of hydrogen-bond donors (Lipinski definition) is 2. The van der Waals surface area contributed by atoms with Crippen LogP contribution in [0.5, 0.6) is 5.75 Å². The van der Waals surface area contributed by atoms with Crippen molar-refractivity contribution in [1.29, 1.82) is 0 Å². The van der Waals surface area contributed by atoms with Crippen LogP contribution in [0.4, 0.5) is 5.69 Å². The molecule has 2 atom stereocenters. The molecule has 0 aromatic heterocycles. The van der Waals surface area contributed by atoms with E-state index in [0.29, 0.717) is 19.7 Å². The van der Waals surface area contributed by atoms with Crippen molar-refractivity contribution in [1.82, 2.24) is 10.2 Å². The Balaban J connectivity index is 1.90. The maximum absolute atomic E-state index is 12.7. The summed E-state index contributed by atoms with van der Waals surface area (Å²) in [5, 5.41) is 5.79. The Morgan fingerprint density at radius 3 is 2.67 bits per heavy atom. The van der Waals surface area contributed by atoms with E-state index in [1.165, 1.54) is 4.90 Å². The average Bonchev–Trinajstić information content (AvgIpc) is 2.74. The quantitative estimate of drug-likeness (QED) is 0.422. The van der Waals surface area contributed by atoms with E-state index in [1.54, 1.807) is 0 Å². The zero-order chi connectivity index (χ0) is 21.9. The topological polar surface area (TPSA) is 97.0 Å². The molecule has 2 amide bonds. The van der Waals surface area contributed by atoms with Crippen LogP contribution in [0.3, 0.4) is 0 Å². The Kier molecular flexibility index (Phi) is 9.44. The van der Waals surface area contributed by atoms with E-state index in [-0.39, 0.29) is 30.9 Å². The molecule has 0 saturated carbocycles. The summed E-state index contributed by atoms with van der Waals surface area (Å²) in [6.45, 7) is 7.16. The molecular weight excluding hydrogens is 386 g/mol. The van der Waals surface area contributed by atoms with E-state index < -0.39 is 12.0 Å². The van der Waals surface area contributed by atoms with Gasteiger partial charge in [0.2, 0.25) is 11.8 Å². The van der Waals surface area contributed by atoms with Gasteiger partial charge >= 0.3 is 5.97 Å². The number of benzene rings is 1. The van der Waals surface area contributed by atoms with Crippen LogP contribution in [0.15, 0.2) is 24.3 Å². The predicted molar refractivity (Wildman–Crippen MR) is 114 cm³/mol. The van der Waals surface area contributed by atoms with Gasteiger partial charge in [-0.25, -0.2) is 0 Å². The second kappa shape index (κ2) is 12.0. The fraction of sp³-hybridized carbons (Fsp3) is 0.591. The van der Waals surface area contributed by atoms with Crippen LogP contribution in [0.1, 0.15) is 46.5 Å². The number of ether oxygens (including phenoxy) is 2. The molecule has 2 rings (SSSR count). The van der Waals surface area contributed by atoms with Crippen LogP contribution in [-0.2, 0) is 19.1 Å². The van der Waals surface area contributed by atoms with Crippen LogP contribution in [0, 0.1) is 0 Å². The number of unbranched alkanes of at least 4 members (excludes halogenated alkanes) is 1. The Morgan fingerprint density at radius 2 is 2.00 bits per heavy atom. The lowest BCUT2D eigenvalue weighted by Crippen LogP contribution is -2.58. The monoisotopic (exact) mass is 419 g/mol. The van der Waals surface area contributed by atoms with Crippen molar-refractivity contribution in [2.75, 3.05) is 31.6 Å². The Bertz CT molecular complexity index is 707. The summed E-state index contributed by atoms with van der Waals surface area (Å²) in [5.74, 6) is -0.256. The zero-order valence-electron chi connectivity index (χ0n) is 18.1. The Hall–Kier alpha value is -2.77. The number of amides is 2. The van der Waals surface area contributed by atoms with Gasteiger partial charge in [0.1, 0.15) is 11.8 Å². The number of anilines is 1. The van der Waals surface area contributed by atoms with E-state index in [4.69, 9.17) is 9.47 Å². The normalized spacial score (nSPS) is 17.1. The zero-order valence-corrected chi connectivity index (χ0v) is 18.1. The second-order valence-corrected chi connectivity index (χ2v) is 7.39. The maximum Gasteiger partial charge on any atom is 0.308 e. The first-order valence-corrected chi connectivity index (χ1v) is 10.7. The van der Waals surface area contributed by atoms with Gasteiger partial charge < -0.3 is 25.0 Å². The number of carbonyl (C=O) groups excluding carboxylic acids is 3. The first kappa shape index (κ1) is 23.5. The maximum atomic E-state index is 12.7. The summed E-state index contributed by atoms with van der Waals surface area (Å²) in [4.78, 5) is 38.5. The van der Waals surface area contributed by atoms with Crippen LogP contribution in [0.25, 0.3) is 0 Å². The van der Waals surface area contributed by atoms with Gasteiger partial charge in [-0.2, -0.15) is 0 Å². The van der Waals surface area contributed by atoms with Crippen molar-refractivity contribution < 1.29 is 23.9 Å². The number of nitrogens with zero attached hydrogens (tertiary/aromatic N) is 1. The fourth-order valence-corrected chi connectivity index (χ4v) is 3.01. The molecule has 1 aromatic rings. The summed E-state index contributed by atoms with van der Waals surface area (Å²) >= 11 is 0. The van der Waals surface area contributed by atoms with Crippen molar-refractivity contribution in [2.45, 2.75) is 58.6 Å². The van der Waals surface area contributed by atoms with Crippen molar-refractivity contribution >= 4 is 23.5 Å². The molecule has 1 saturated heterocycles. The minimum absolute atomic E-state index is 0.0280. The third kappa shape index (κ3) is 7.24. The minimum Gasteiger partial charge on any atom is -0.491 e. The highest BCUT2D eigenvalue weighted by atomic mass is 16.5. The number of esters is 1. The molecule has 0 radical (unpaired) electrons. The van der Waals surface area contributed by atoms with Gasteiger partial charge in [-0.1, -0.05) is 20.3 Å². The molecule has 30 heavy (non-hydrogen) atoms. The second-order valence-electron chi connectivity index (χ2n) is 7.39. The fourth-order valence-electron chi connectivity index (χ4n) is 3.01. The molecule has 0 aliphatic carbocycles. The van der Waals surface area contributed by atoms with Crippen molar-refractivity contribution in [3.05, 3.63) is 24.3 Å². The van der Waals surface area contributed by atoms with Gasteiger partial charge in [0, 0.05) is 18.8 Å². The number of rotatable bonds is 11. The van der Waals surface area contributed by atoms with Gasteiger partial charge in [0.15, 0.2) is 0 Å². The molecule has 166 valence electrons. The third-order valence-corrected chi connectivity index (χ3v) is 4.98. The van der Waals surface area contributed by atoms with E-state index >= 15 is 0 Å². The molecule has 1 aliphatic heterocycles. The summed E-state index contributed by atoms with van der Waals surface area (Å²) in [5.41, 5.74) is 0.775. The molecule has 1 heterocycles. The molecule has 2 N–H and O–H groups in total. The first-order chi connectivity index (χ1) is 14.4. The number of hydrogen-bond acceptors (Lipinski definition) is 6. The number of piperazine rings is 1. The van der Waals surface area contributed by atoms with Crippen molar-refractivity contribution in [3.8, 4) is 5.75 Å². The summed E-state index contributed by atoms with van der Waals surface area (Å²) < 4.78 is 10.9. The van der Waals surface area contributed by atoms with E-state index in [1.807, 2.05) is 38.1 Å². The molecule has 1 aliphatic rings. The van der Waals surface area contributed by atoms with E-state index in [0.717, 1.165) is 30.7 Å². The number of carbonyl (C=O) groups is 3. The van der Waals surface area contributed by atoms with Crippen molar-refractivity contribution in [2.24, 2.45) is 0 Å². The largest absolute Gasteiger partial charge is 0.491 e. The van der Waals surface area contributed by atoms with Crippen LogP contribution in [0.2, 0.25) is 0 Å². The average molecular weight is 420 g/mol. The number of nitrogens with one attached hydrogen (secondary N) is 2. The molecule has 2 unspecified atom stereocenters. The molecule has 8 heteroatoms. The van der Waals surface area contributed by atoms with Gasteiger partial charge in [0.25, 0.3) is 0 Å². The highest BCUT2D eigenvalue weighted by Crippen LogP contribution is 2.18. The molecule has 8 nitrogen and oxygen atoms in total. The SMILES string of the molecule is CCCCOC(=O)CC1C(=O)NCCN1C(=O)CNc1ccc(OC(C)CC)cc1. The standard InChI is InChI=1S/C22H33N3O5/c1-4-6-13-29-21(27)14-19-22(28)23-11-12-25(19)20(26)15-24-17-7-9-18(10-8-17)30-16(3)5-2/h7-10,16,19,24H,4-6,11-15H2,1-3H3,(H,23,28). The smallest absolute Gasteiger partial charge is 0.308 e. The lowest BCUT2D eigenvalue weighted by Gasteiger charge is -2.34. The van der Waals surface area contributed by atoms with Gasteiger partial charge in [-0.05, 0) is 44.0 Å². The molecule has 0 bridgehead atoms. The van der Waals surface area contributed by atoms with Gasteiger partial charge in [0.05, 0.1) is 25.7 Å². The third-order valence-electron chi connectivity index (χ3n) is 4.98. The summed E-state index contributed by atoms with van der Waals surface area (Å²) in [6.07, 6.45) is 2.61. The lowest BCUT2D eigenvalue weighted by atomic mass is 10.1. The lowest BCUT2D eigenvalue weighted by molar-refractivity contribution is -0.151. The molecule has 0 spiro atoms. The Morgan fingerprint density at radius 1 is 1.27 bits per heavy atom. The van der Waals surface area contributed by atoms with Gasteiger partial charge in [-0.3, -0.25) is 14.4 Å². The van der Waals surface area contributed by atoms with Gasteiger partial charge in [-0.15, -0.1) is 0 Å². The first-order valence-electron chi connectivity index (χ1n) is 10.7. The van der Waals surface area contributed by atoms with Crippen molar-refractivity contribution in [3.63, 3.8) is 0 Å². The summed E-state index contributed by atoms with van der Waals surface area (Å²) in [7, 11) is 0. The van der Waals surface area contributed by atoms with E-state index in [2.05, 4.69) is 17.6 Å². The summed E-state index contributed by atoms with van der Waals surface area (Å²) in [6, 6.07) is 6.55. The molecule has 1 aromatic carbocycles. The van der Waals surface area contributed by atoms with Crippen LogP contribution < -0.4 is 15.4 Å². The van der Waals surface area contributed by atoms with E-state index in [9.17, 15) is 14.4 Å². The van der Waals surface area contributed by atoms with Crippen LogP contribution in [-0.4, -0.2) is 61.1 Å². The molecular formula is C22H33N3O5. The minimum atomic E-state index is -0.839. The van der Waals surface area contributed by atoms with Crippen LogP contribution >= 0.6 is 0 Å². The predicted octanol–water partition coefficient (Wildman–Crippen LogP) is 2.34. The highest BCUT2D eigenvalue weighted by Gasteiger charge is 2.34.